The van der Waals surface area contributed by atoms with Gasteiger partial charge in [-0.05, 0) is 42.2 Å². The van der Waals surface area contributed by atoms with Crippen molar-refractivity contribution in [2.24, 2.45) is 5.41 Å². The van der Waals surface area contributed by atoms with Crippen molar-refractivity contribution < 1.29 is 22.7 Å². The van der Waals surface area contributed by atoms with Crippen molar-refractivity contribution >= 4 is 22.0 Å². The summed E-state index contributed by atoms with van der Waals surface area (Å²) < 4.78 is 39.7. The van der Waals surface area contributed by atoms with Crippen LogP contribution in [0.25, 0.3) is 6.08 Å². The standard InChI is InChI=1S/C23H27FN2O4S/c24-21-8-6-20(7-9-21)16-23(18-27)12-14-26(17-23)22(28)10-13-25-31(29,30)15-11-19-4-2-1-3-5-19/h1-9,11,15,25,27H,10,12-14,16-18H2/b15-11+. The average molecular weight is 447 g/mol. The van der Waals surface area contributed by atoms with Crippen LogP contribution < -0.4 is 4.72 Å². The maximum absolute atomic E-state index is 13.1. The molecule has 0 aromatic heterocycles. The van der Waals surface area contributed by atoms with Crippen LogP contribution in [0.4, 0.5) is 4.39 Å². The lowest BCUT2D eigenvalue weighted by molar-refractivity contribution is -0.130. The van der Waals surface area contributed by atoms with Gasteiger partial charge in [0.1, 0.15) is 5.82 Å². The quantitative estimate of drug-likeness (QED) is 0.620. The molecular weight excluding hydrogens is 419 g/mol. The summed E-state index contributed by atoms with van der Waals surface area (Å²) in [6.45, 7) is 0.813. The smallest absolute Gasteiger partial charge is 0.233 e. The number of aliphatic hydroxyl groups excluding tert-OH is 1. The van der Waals surface area contributed by atoms with Gasteiger partial charge in [-0.2, -0.15) is 0 Å². The van der Waals surface area contributed by atoms with E-state index < -0.39 is 15.4 Å². The number of nitrogens with zero attached hydrogens (tertiary/aromatic N) is 1. The molecule has 1 saturated heterocycles. The van der Waals surface area contributed by atoms with Crippen molar-refractivity contribution in [3.8, 4) is 0 Å². The van der Waals surface area contributed by atoms with E-state index in [1.807, 2.05) is 18.2 Å². The first-order valence-electron chi connectivity index (χ1n) is 10.2. The molecule has 31 heavy (non-hydrogen) atoms. The van der Waals surface area contributed by atoms with Gasteiger partial charge in [0.25, 0.3) is 0 Å². The lowest BCUT2D eigenvalue weighted by Crippen LogP contribution is -2.37. The van der Waals surface area contributed by atoms with Crippen LogP contribution in [0.1, 0.15) is 24.0 Å². The van der Waals surface area contributed by atoms with Gasteiger partial charge in [0.05, 0.1) is 6.61 Å². The van der Waals surface area contributed by atoms with Crippen molar-refractivity contribution in [1.29, 1.82) is 0 Å². The fourth-order valence-electron chi connectivity index (χ4n) is 3.75. The Morgan fingerprint density at radius 3 is 2.55 bits per heavy atom. The normalized spacial score (nSPS) is 19.2. The van der Waals surface area contributed by atoms with Crippen LogP contribution >= 0.6 is 0 Å². The molecule has 2 aromatic rings. The molecule has 1 amide bonds. The molecule has 6 nitrogen and oxygen atoms in total. The molecule has 0 radical (unpaired) electrons. The van der Waals surface area contributed by atoms with E-state index in [1.54, 1.807) is 29.2 Å². The van der Waals surface area contributed by atoms with Gasteiger partial charge in [0.15, 0.2) is 0 Å². The highest BCUT2D eigenvalue weighted by molar-refractivity contribution is 7.92. The summed E-state index contributed by atoms with van der Waals surface area (Å²) in [5.41, 5.74) is 1.20. The number of likely N-dealkylation sites (tertiary alicyclic amines) is 1. The molecule has 1 aliphatic heterocycles. The highest BCUT2D eigenvalue weighted by Crippen LogP contribution is 2.34. The number of nitrogens with one attached hydrogen (secondary N) is 1. The van der Waals surface area contributed by atoms with Gasteiger partial charge in [-0.1, -0.05) is 42.5 Å². The Morgan fingerprint density at radius 1 is 1.16 bits per heavy atom. The first-order chi connectivity index (χ1) is 14.8. The summed E-state index contributed by atoms with van der Waals surface area (Å²) >= 11 is 0. The number of halogens is 1. The van der Waals surface area contributed by atoms with E-state index in [0.29, 0.717) is 25.9 Å². The van der Waals surface area contributed by atoms with Crippen LogP contribution in [0.3, 0.4) is 0 Å². The number of rotatable bonds is 9. The van der Waals surface area contributed by atoms with Gasteiger partial charge in [0, 0.05) is 36.9 Å². The van der Waals surface area contributed by atoms with Crippen LogP contribution in [0.5, 0.6) is 0 Å². The van der Waals surface area contributed by atoms with E-state index in [9.17, 15) is 22.7 Å². The number of sulfonamides is 1. The summed E-state index contributed by atoms with van der Waals surface area (Å²) in [6, 6.07) is 15.2. The molecule has 0 spiro atoms. The molecule has 1 fully saturated rings. The number of benzene rings is 2. The van der Waals surface area contributed by atoms with Crippen LogP contribution in [0.15, 0.2) is 60.0 Å². The number of amides is 1. The topological polar surface area (TPSA) is 86.7 Å². The summed E-state index contributed by atoms with van der Waals surface area (Å²) in [5.74, 6) is -0.477. The minimum atomic E-state index is -3.64. The van der Waals surface area contributed by atoms with Crippen LogP contribution in [0.2, 0.25) is 0 Å². The maximum Gasteiger partial charge on any atom is 0.233 e. The van der Waals surface area contributed by atoms with Crippen molar-refractivity contribution in [2.75, 3.05) is 26.2 Å². The van der Waals surface area contributed by atoms with E-state index >= 15 is 0 Å². The van der Waals surface area contributed by atoms with Crippen molar-refractivity contribution in [2.45, 2.75) is 19.3 Å². The number of hydrogen-bond donors (Lipinski definition) is 2. The van der Waals surface area contributed by atoms with Gasteiger partial charge in [-0.25, -0.2) is 17.5 Å². The zero-order chi connectivity index (χ0) is 22.3. The van der Waals surface area contributed by atoms with E-state index in [-0.39, 0.29) is 31.3 Å². The minimum absolute atomic E-state index is 0.000876. The van der Waals surface area contributed by atoms with Gasteiger partial charge < -0.3 is 10.0 Å². The molecule has 8 heteroatoms. The second-order valence-electron chi connectivity index (χ2n) is 7.93. The van der Waals surface area contributed by atoms with Gasteiger partial charge in [-0.15, -0.1) is 0 Å². The Kier molecular flexibility index (Phi) is 7.59. The fourth-order valence-corrected chi connectivity index (χ4v) is 4.57. The van der Waals surface area contributed by atoms with Crippen LogP contribution in [0, 0.1) is 11.2 Å². The zero-order valence-corrected chi connectivity index (χ0v) is 18.0. The monoisotopic (exact) mass is 446 g/mol. The third-order valence-electron chi connectivity index (χ3n) is 5.50. The summed E-state index contributed by atoms with van der Waals surface area (Å²) in [6.07, 6.45) is 2.72. The Balaban J connectivity index is 1.49. The second kappa shape index (κ2) is 10.2. The number of aliphatic hydroxyl groups is 1. The van der Waals surface area contributed by atoms with E-state index in [1.165, 1.54) is 18.2 Å². The SMILES string of the molecule is O=C(CCNS(=O)(=O)/C=C/c1ccccc1)N1CCC(CO)(Cc2ccc(F)cc2)C1. The first kappa shape index (κ1) is 23.1. The average Bonchev–Trinajstić information content (AvgIpc) is 3.19. The molecule has 0 saturated carbocycles. The number of carbonyl (C=O) groups is 1. The Hall–Kier alpha value is -2.55. The molecule has 3 rings (SSSR count). The third kappa shape index (κ3) is 6.72. The minimum Gasteiger partial charge on any atom is -0.396 e. The summed E-state index contributed by atoms with van der Waals surface area (Å²) in [5, 5.41) is 11.0. The molecule has 166 valence electrons. The highest BCUT2D eigenvalue weighted by atomic mass is 32.2. The Morgan fingerprint density at radius 2 is 1.87 bits per heavy atom. The maximum atomic E-state index is 13.1. The molecule has 1 aliphatic rings. The van der Waals surface area contributed by atoms with Crippen molar-refractivity contribution in [3.05, 3.63) is 76.9 Å². The molecule has 2 N–H and O–H groups in total. The zero-order valence-electron chi connectivity index (χ0n) is 17.2. The first-order valence-corrected chi connectivity index (χ1v) is 11.7. The third-order valence-corrected chi connectivity index (χ3v) is 6.60. The number of hydrogen-bond acceptors (Lipinski definition) is 4. The van der Waals surface area contributed by atoms with E-state index in [2.05, 4.69) is 4.72 Å². The molecule has 1 atom stereocenters. The molecule has 2 aromatic carbocycles. The molecule has 0 aliphatic carbocycles. The second-order valence-corrected chi connectivity index (χ2v) is 9.58. The van der Waals surface area contributed by atoms with Gasteiger partial charge in [0.2, 0.25) is 15.9 Å². The van der Waals surface area contributed by atoms with Gasteiger partial charge >= 0.3 is 0 Å². The number of carbonyl (C=O) groups excluding carboxylic acids is 1. The Bertz CT molecular complexity index is 1010. The summed E-state index contributed by atoms with van der Waals surface area (Å²) in [4.78, 5) is 14.2. The van der Waals surface area contributed by atoms with Crippen molar-refractivity contribution in [1.82, 2.24) is 9.62 Å². The predicted octanol–water partition coefficient (Wildman–Crippen LogP) is 2.56. The fraction of sp³-hybridized carbons (Fsp3) is 0.348. The van der Waals surface area contributed by atoms with Crippen LogP contribution in [-0.4, -0.2) is 50.6 Å². The van der Waals surface area contributed by atoms with E-state index in [0.717, 1.165) is 16.5 Å². The summed E-state index contributed by atoms with van der Waals surface area (Å²) in [7, 11) is -3.64. The van der Waals surface area contributed by atoms with E-state index in [4.69, 9.17) is 0 Å². The molecule has 0 bridgehead atoms. The lowest BCUT2D eigenvalue weighted by atomic mass is 9.81. The Labute approximate surface area is 182 Å². The predicted molar refractivity (Wildman–Crippen MR) is 118 cm³/mol. The highest BCUT2D eigenvalue weighted by Gasteiger charge is 2.39. The lowest BCUT2D eigenvalue weighted by Gasteiger charge is -2.27. The van der Waals surface area contributed by atoms with Crippen molar-refractivity contribution in [3.63, 3.8) is 0 Å². The molecular formula is C23H27FN2O4S. The van der Waals surface area contributed by atoms with Gasteiger partial charge in [-0.3, -0.25) is 4.79 Å². The molecule has 1 unspecified atom stereocenters. The molecule has 1 heterocycles. The van der Waals surface area contributed by atoms with Crippen LogP contribution in [-0.2, 0) is 21.2 Å². The largest absolute Gasteiger partial charge is 0.396 e.